The molecule has 1 aliphatic rings. The zero-order valence-corrected chi connectivity index (χ0v) is 9.10. The Balaban J connectivity index is 2.23. The van der Waals surface area contributed by atoms with Gasteiger partial charge >= 0.3 is 0 Å². The van der Waals surface area contributed by atoms with Crippen molar-refractivity contribution in [3.05, 3.63) is 35.9 Å². The summed E-state index contributed by atoms with van der Waals surface area (Å²) in [6, 6.07) is 9.56. The van der Waals surface area contributed by atoms with E-state index in [4.69, 9.17) is 9.84 Å². The number of rotatable bonds is 2. The summed E-state index contributed by atoms with van der Waals surface area (Å²) in [5.74, 6) is 0. The zero-order valence-electron chi connectivity index (χ0n) is 9.10. The quantitative estimate of drug-likeness (QED) is 0.531. The van der Waals surface area contributed by atoms with Crippen molar-refractivity contribution in [1.29, 1.82) is 0 Å². The van der Waals surface area contributed by atoms with E-state index in [0.29, 0.717) is 5.56 Å². The lowest BCUT2D eigenvalue weighted by molar-refractivity contribution is -0.231. The first kappa shape index (κ1) is 12.5. The van der Waals surface area contributed by atoms with Crippen molar-refractivity contribution < 1.29 is 25.2 Å². The van der Waals surface area contributed by atoms with Crippen LogP contribution in [0.5, 0.6) is 0 Å². The van der Waals surface area contributed by atoms with Gasteiger partial charge in [0.15, 0.2) is 0 Å². The van der Waals surface area contributed by atoms with Crippen LogP contribution in [-0.4, -0.2) is 51.4 Å². The van der Waals surface area contributed by atoms with E-state index in [1.165, 1.54) is 0 Å². The van der Waals surface area contributed by atoms with Crippen LogP contribution in [0, 0.1) is 6.07 Å². The topological polar surface area (TPSA) is 90.2 Å². The lowest BCUT2D eigenvalue weighted by atomic mass is 9.91. The van der Waals surface area contributed by atoms with Gasteiger partial charge in [-0.05, 0) is 11.6 Å². The van der Waals surface area contributed by atoms with Gasteiger partial charge in [0.1, 0.15) is 30.5 Å². The van der Waals surface area contributed by atoms with Gasteiger partial charge in [-0.1, -0.05) is 24.3 Å². The molecule has 93 valence electrons. The molecule has 5 atom stereocenters. The van der Waals surface area contributed by atoms with Gasteiger partial charge in [0.25, 0.3) is 0 Å². The van der Waals surface area contributed by atoms with Crippen molar-refractivity contribution in [2.24, 2.45) is 0 Å². The third-order valence-corrected chi connectivity index (χ3v) is 2.96. The molecule has 0 unspecified atom stereocenters. The first-order valence-corrected chi connectivity index (χ1v) is 5.41. The zero-order chi connectivity index (χ0) is 12.4. The van der Waals surface area contributed by atoms with Crippen LogP contribution in [0.4, 0.5) is 0 Å². The summed E-state index contributed by atoms with van der Waals surface area (Å²) >= 11 is 0. The Labute approximate surface area is 98.9 Å². The molecule has 1 radical (unpaired) electrons. The Bertz CT molecular complexity index is 353. The molecule has 0 amide bonds. The molecule has 0 spiro atoms. The molecule has 1 aliphatic heterocycles. The smallest absolute Gasteiger partial charge is 0.113 e. The maximum absolute atomic E-state index is 9.85. The van der Waals surface area contributed by atoms with E-state index in [2.05, 4.69) is 6.07 Å². The lowest BCUT2D eigenvalue weighted by Gasteiger charge is -2.40. The fourth-order valence-electron chi connectivity index (χ4n) is 1.97. The van der Waals surface area contributed by atoms with Crippen molar-refractivity contribution in [2.75, 3.05) is 6.61 Å². The first-order chi connectivity index (χ1) is 8.15. The Morgan fingerprint density at radius 3 is 2.29 bits per heavy atom. The van der Waals surface area contributed by atoms with E-state index in [0.717, 1.165) is 0 Å². The highest BCUT2D eigenvalue weighted by Gasteiger charge is 2.43. The van der Waals surface area contributed by atoms with Gasteiger partial charge < -0.3 is 25.2 Å². The van der Waals surface area contributed by atoms with Crippen molar-refractivity contribution in [1.82, 2.24) is 0 Å². The van der Waals surface area contributed by atoms with Gasteiger partial charge in [-0.2, -0.15) is 0 Å². The second-order valence-electron chi connectivity index (χ2n) is 4.08. The fraction of sp³-hybridized carbons (Fsp3) is 0.500. The monoisotopic (exact) mass is 239 g/mol. The number of aliphatic hydroxyl groups is 4. The summed E-state index contributed by atoms with van der Waals surface area (Å²) in [4.78, 5) is 0. The second-order valence-corrected chi connectivity index (χ2v) is 4.08. The third-order valence-electron chi connectivity index (χ3n) is 2.96. The molecule has 5 nitrogen and oxygen atoms in total. The Morgan fingerprint density at radius 2 is 1.71 bits per heavy atom. The normalized spacial score (nSPS) is 38.0. The molecule has 1 saturated heterocycles. The first-order valence-electron chi connectivity index (χ1n) is 5.41. The fourth-order valence-corrected chi connectivity index (χ4v) is 1.97. The molecule has 17 heavy (non-hydrogen) atoms. The summed E-state index contributed by atoms with van der Waals surface area (Å²) < 4.78 is 5.39. The Morgan fingerprint density at radius 1 is 1.06 bits per heavy atom. The molecule has 1 heterocycles. The molecule has 0 aliphatic carbocycles. The van der Waals surface area contributed by atoms with Crippen molar-refractivity contribution >= 4 is 0 Å². The number of ether oxygens (including phenoxy) is 1. The average molecular weight is 239 g/mol. The summed E-state index contributed by atoms with van der Waals surface area (Å²) in [5.41, 5.74) is 0.667. The van der Waals surface area contributed by atoms with Gasteiger partial charge in [-0.25, -0.2) is 0 Å². The van der Waals surface area contributed by atoms with E-state index >= 15 is 0 Å². The predicted octanol–water partition coefficient (Wildman–Crippen LogP) is -0.998. The minimum Gasteiger partial charge on any atom is -0.394 e. The number of hydrogen-bond donors (Lipinski definition) is 4. The number of aliphatic hydroxyl groups excluding tert-OH is 4. The van der Waals surface area contributed by atoms with Crippen LogP contribution in [0.3, 0.4) is 0 Å². The van der Waals surface area contributed by atoms with E-state index in [1.54, 1.807) is 24.3 Å². The van der Waals surface area contributed by atoms with Crippen LogP contribution in [0.2, 0.25) is 0 Å². The molecule has 1 fully saturated rings. The average Bonchev–Trinajstić information content (AvgIpc) is 2.37. The van der Waals surface area contributed by atoms with Crippen LogP contribution in [-0.2, 0) is 4.74 Å². The molecule has 0 bridgehead atoms. The lowest BCUT2D eigenvalue weighted by Crippen LogP contribution is -2.55. The highest BCUT2D eigenvalue weighted by atomic mass is 16.5. The van der Waals surface area contributed by atoms with Gasteiger partial charge in [0.05, 0.1) is 6.61 Å². The molecule has 5 heteroatoms. The van der Waals surface area contributed by atoms with Gasteiger partial charge in [0.2, 0.25) is 0 Å². The van der Waals surface area contributed by atoms with Crippen LogP contribution >= 0.6 is 0 Å². The van der Waals surface area contributed by atoms with Crippen molar-refractivity contribution in [3.8, 4) is 0 Å². The summed E-state index contributed by atoms with van der Waals surface area (Å²) in [6.45, 7) is -0.416. The van der Waals surface area contributed by atoms with Crippen LogP contribution in [0.25, 0.3) is 0 Å². The Hall–Kier alpha value is -0.980. The van der Waals surface area contributed by atoms with Gasteiger partial charge in [-0.15, -0.1) is 0 Å². The summed E-state index contributed by atoms with van der Waals surface area (Å²) in [6.07, 6.45) is -5.52. The van der Waals surface area contributed by atoms with E-state index in [1.807, 2.05) is 0 Å². The molecule has 2 rings (SSSR count). The second kappa shape index (κ2) is 5.12. The van der Waals surface area contributed by atoms with E-state index in [-0.39, 0.29) is 0 Å². The van der Waals surface area contributed by atoms with Crippen LogP contribution < -0.4 is 0 Å². The molecule has 1 aromatic carbocycles. The standard InChI is InChI=1S/C12H15O5/c13-6-8-9(14)10(15)11(16)12(17-8)7-4-2-1-3-5-7/h2-5,8-16H,6H2/t8-,9-,10+,11-,12+/m1/s1. The molecular formula is C12H15O5. The minimum absolute atomic E-state index is 0.416. The number of hydrogen-bond acceptors (Lipinski definition) is 5. The molecule has 0 saturated carbocycles. The SMILES string of the molecule is OC[C@H]1O[C@@H](c2cc[c]cc2)[C@H](O)[C@@H](O)[C@@H]1O. The predicted molar refractivity (Wildman–Crippen MR) is 58.0 cm³/mol. The maximum Gasteiger partial charge on any atom is 0.113 e. The maximum atomic E-state index is 9.85. The van der Waals surface area contributed by atoms with Crippen LogP contribution in [0.15, 0.2) is 24.3 Å². The molecule has 1 aromatic rings. The van der Waals surface area contributed by atoms with Crippen molar-refractivity contribution in [3.63, 3.8) is 0 Å². The highest BCUT2D eigenvalue weighted by Crippen LogP contribution is 2.31. The van der Waals surface area contributed by atoms with Gasteiger partial charge in [0, 0.05) is 0 Å². The van der Waals surface area contributed by atoms with E-state index in [9.17, 15) is 15.3 Å². The number of benzene rings is 1. The largest absolute Gasteiger partial charge is 0.394 e. The van der Waals surface area contributed by atoms with E-state index < -0.39 is 37.1 Å². The summed E-state index contributed by atoms with van der Waals surface area (Å²) in [7, 11) is 0. The minimum atomic E-state index is -1.34. The third kappa shape index (κ3) is 2.34. The Kier molecular flexibility index (Phi) is 3.76. The van der Waals surface area contributed by atoms with Crippen LogP contribution in [0.1, 0.15) is 11.7 Å². The van der Waals surface area contributed by atoms with Gasteiger partial charge in [-0.3, -0.25) is 0 Å². The highest BCUT2D eigenvalue weighted by molar-refractivity contribution is 5.19. The molecule has 0 aromatic heterocycles. The van der Waals surface area contributed by atoms with Crippen molar-refractivity contribution in [2.45, 2.75) is 30.5 Å². The summed E-state index contributed by atoms with van der Waals surface area (Å²) in [5, 5.41) is 38.1. The molecular weight excluding hydrogens is 224 g/mol. The molecule has 4 N–H and O–H groups in total.